The topological polar surface area (TPSA) is 108 Å². The Kier molecular flexibility index (Phi) is 8.70. The molecule has 2 aromatic carbocycles. The number of hydrogen-bond donors (Lipinski definition) is 4. The normalized spacial score (nSPS) is 16.7. The Morgan fingerprint density at radius 2 is 1.97 bits per heavy atom. The van der Waals surface area contributed by atoms with E-state index in [-0.39, 0.29) is 11.8 Å². The molecule has 32 heavy (non-hydrogen) atoms. The molecule has 170 valence electrons. The molecule has 1 saturated heterocycles. The first-order chi connectivity index (χ1) is 15.5. The van der Waals surface area contributed by atoms with Crippen molar-refractivity contribution in [3.63, 3.8) is 0 Å². The molecular formula is C24H29N3O4S. The zero-order valence-electron chi connectivity index (χ0n) is 18.1. The second-order valence-electron chi connectivity index (χ2n) is 7.80. The molecule has 4 N–H and O–H groups in total. The second kappa shape index (κ2) is 11.7. The predicted octanol–water partition coefficient (Wildman–Crippen LogP) is 3.23. The van der Waals surface area contributed by atoms with Crippen LogP contribution < -0.4 is 16.0 Å². The van der Waals surface area contributed by atoms with Gasteiger partial charge in [-0.25, -0.2) is 4.79 Å². The van der Waals surface area contributed by atoms with E-state index in [0.29, 0.717) is 35.5 Å². The summed E-state index contributed by atoms with van der Waals surface area (Å²) in [6.45, 7) is 1.59. The van der Waals surface area contributed by atoms with Gasteiger partial charge in [0.1, 0.15) is 6.04 Å². The average molecular weight is 456 g/mol. The summed E-state index contributed by atoms with van der Waals surface area (Å²) in [5.41, 5.74) is 2.41. The lowest BCUT2D eigenvalue weighted by molar-refractivity contribution is -0.139. The summed E-state index contributed by atoms with van der Waals surface area (Å²) >= 11 is 1.53. The first-order valence-electron chi connectivity index (χ1n) is 10.7. The predicted molar refractivity (Wildman–Crippen MR) is 128 cm³/mol. The van der Waals surface area contributed by atoms with E-state index < -0.39 is 17.9 Å². The Bertz CT molecular complexity index is 946. The first kappa shape index (κ1) is 23.8. The Balaban J connectivity index is 1.86. The highest BCUT2D eigenvalue weighted by Gasteiger charge is 2.24. The van der Waals surface area contributed by atoms with Crippen LogP contribution in [-0.2, 0) is 9.59 Å². The van der Waals surface area contributed by atoms with E-state index in [1.54, 1.807) is 18.2 Å². The van der Waals surface area contributed by atoms with Gasteiger partial charge in [0.2, 0.25) is 5.91 Å². The molecule has 2 aromatic rings. The van der Waals surface area contributed by atoms with Crippen molar-refractivity contribution in [1.82, 2.24) is 10.6 Å². The number of hydrogen-bond acceptors (Lipinski definition) is 5. The SMILES string of the molecule is CSCC[C@H](NC(=O)c1ccc(NC(=O)C2CCCNC2)cc1-c1ccccc1)C(=O)O. The summed E-state index contributed by atoms with van der Waals surface area (Å²) in [5, 5.41) is 18.3. The number of amides is 2. The number of anilines is 1. The molecule has 0 saturated carbocycles. The lowest BCUT2D eigenvalue weighted by atomic mass is 9.96. The van der Waals surface area contributed by atoms with Crippen molar-refractivity contribution in [2.45, 2.75) is 25.3 Å². The number of carbonyl (C=O) groups excluding carboxylic acids is 2. The van der Waals surface area contributed by atoms with Crippen molar-refractivity contribution in [1.29, 1.82) is 0 Å². The number of carboxylic acids is 1. The Hall–Kier alpha value is -2.84. The molecule has 0 bridgehead atoms. The van der Waals surface area contributed by atoms with Crippen LogP contribution in [0.3, 0.4) is 0 Å². The van der Waals surface area contributed by atoms with Crippen LogP contribution in [-0.4, -0.2) is 54.0 Å². The second-order valence-corrected chi connectivity index (χ2v) is 8.79. The van der Waals surface area contributed by atoms with E-state index in [1.165, 1.54) is 11.8 Å². The summed E-state index contributed by atoms with van der Waals surface area (Å²) < 4.78 is 0. The largest absolute Gasteiger partial charge is 0.480 e. The van der Waals surface area contributed by atoms with E-state index in [9.17, 15) is 19.5 Å². The van der Waals surface area contributed by atoms with Gasteiger partial charge in [-0.1, -0.05) is 30.3 Å². The minimum atomic E-state index is -1.06. The van der Waals surface area contributed by atoms with Crippen molar-refractivity contribution in [3.05, 3.63) is 54.1 Å². The molecule has 2 atom stereocenters. The number of rotatable bonds is 9. The molecule has 1 aliphatic rings. The van der Waals surface area contributed by atoms with Crippen LogP contribution in [0.4, 0.5) is 5.69 Å². The van der Waals surface area contributed by atoms with Gasteiger partial charge in [-0.2, -0.15) is 11.8 Å². The van der Waals surface area contributed by atoms with Crippen molar-refractivity contribution >= 4 is 35.2 Å². The molecule has 0 aromatic heterocycles. The monoisotopic (exact) mass is 455 g/mol. The van der Waals surface area contributed by atoms with Gasteiger partial charge < -0.3 is 21.1 Å². The number of nitrogens with one attached hydrogen (secondary N) is 3. The molecule has 8 heteroatoms. The average Bonchev–Trinajstić information content (AvgIpc) is 2.82. The van der Waals surface area contributed by atoms with E-state index in [2.05, 4.69) is 16.0 Å². The van der Waals surface area contributed by atoms with Crippen LogP contribution >= 0.6 is 11.8 Å². The van der Waals surface area contributed by atoms with Gasteiger partial charge in [0.25, 0.3) is 5.91 Å². The zero-order chi connectivity index (χ0) is 22.9. The van der Waals surface area contributed by atoms with Crippen LogP contribution in [0.2, 0.25) is 0 Å². The van der Waals surface area contributed by atoms with Crippen LogP contribution in [0.5, 0.6) is 0 Å². The van der Waals surface area contributed by atoms with E-state index in [0.717, 1.165) is 24.9 Å². The third kappa shape index (κ3) is 6.34. The van der Waals surface area contributed by atoms with E-state index in [1.807, 2.05) is 36.6 Å². The fourth-order valence-corrected chi connectivity index (χ4v) is 4.20. The van der Waals surface area contributed by atoms with Gasteiger partial charge in [-0.05, 0) is 67.1 Å². The van der Waals surface area contributed by atoms with Crippen molar-refractivity contribution in [2.75, 3.05) is 30.4 Å². The number of carbonyl (C=O) groups is 3. The lowest BCUT2D eigenvalue weighted by Crippen LogP contribution is -2.41. The van der Waals surface area contributed by atoms with Crippen molar-refractivity contribution in [3.8, 4) is 11.1 Å². The fourth-order valence-electron chi connectivity index (χ4n) is 3.73. The fraction of sp³-hybridized carbons (Fsp3) is 0.375. The molecule has 1 heterocycles. The number of carboxylic acid groups (broad SMARTS) is 1. The zero-order valence-corrected chi connectivity index (χ0v) is 18.9. The van der Waals surface area contributed by atoms with Gasteiger partial charge in [-0.15, -0.1) is 0 Å². The summed E-state index contributed by atoms with van der Waals surface area (Å²) in [7, 11) is 0. The maximum Gasteiger partial charge on any atom is 0.326 e. The van der Waals surface area contributed by atoms with Gasteiger partial charge in [-0.3, -0.25) is 9.59 Å². The Morgan fingerprint density at radius 3 is 2.62 bits per heavy atom. The third-order valence-corrected chi connectivity index (χ3v) is 6.14. The molecular weight excluding hydrogens is 426 g/mol. The molecule has 0 spiro atoms. The Labute approximate surface area is 192 Å². The standard InChI is InChI=1S/C24H29N3O4S/c1-32-13-11-21(24(30)31)27-23(29)19-10-9-18(14-20(19)16-6-3-2-4-7-16)26-22(28)17-8-5-12-25-15-17/h2-4,6-7,9-10,14,17,21,25H,5,8,11-13,15H2,1H3,(H,26,28)(H,27,29)(H,30,31)/t17?,21-/m0/s1. The lowest BCUT2D eigenvalue weighted by Gasteiger charge is -2.22. The van der Waals surface area contributed by atoms with Gasteiger partial charge in [0.15, 0.2) is 0 Å². The molecule has 0 aliphatic carbocycles. The highest BCUT2D eigenvalue weighted by atomic mass is 32.2. The summed E-state index contributed by atoms with van der Waals surface area (Å²) in [4.78, 5) is 37.3. The quantitative estimate of drug-likeness (QED) is 0.462. The number of thioether (sulfide) groups is 1. The van der Waals surface area contributed by atoms with Crippen LogP contribution in [0.1, 0.15) is 29.6 Å². The van der Waals surface area contributed by atoms with Crippen LogP contribution in [0.25, 0.3) is 11.1 Å². The molecule has 3 rings (SSSR count). The number of aliphatic carboxylic acids is 1. The van der Waals surface area contributed by atoms with E-state index in [4.69, 9.17) is 0 Å². The summed E-state index contributed by atoms with van der Waals surface area (Å²) in [5.74, 6) is -1.01. The molecule has 7 nitrogen and oxygen atoms in total. The highest BCUT2D eigenvalue weighted by Crippen LogP contribution is 2.28. The van der Waals surface area contributed by atoms with Gasteiger partial charge in [0.05, 0.1) is 5.92 Å². The van der Waals surface area contributed by atoms with Crippen molar-refractivity contribution < 1.29 is 19.5 Å². The minimum Gasteiger partial charge on any atom is -0.480 e. The molecule has 0 radical (unpaired) electrons. The molecule has 2 amide bonds. The number of benzene rings is 2. The van der Waals surface area contributed by atoms with Gasteiger partial charge in [0, 0.05) is 17.8 Å². The Morgan fingerprint density at radius 1 is 1.19 bits per heavy atom. The molecule has 1 aliphatic heterocycles. The maximum atomic E-state index is 13.0. The van der Waals surface area contributed by atoms with Crippen LogP contribution in [0, 0.1) is 5.92 Å². The molecule has 1 unspecified atom stereocenters. The highest BCUT2D eigenvalue weighted by molar-refractivity contribution is 7.98. The van der Waals surface area contributed by atoms with Crippen molar-refractivity contribution in [2.24, 2.45) is 5.92 Å². The summed E-state index contributed by atoms with van der Waals surface area (Å²) in [6, 6.07) is 13.5. The van der Waals surface area contributed by atoms with E-state index >= 15 is 0 Å². The maximum absolute atomic E-state index is 13.0. The molecule has 1 fully saturated rings. The van der Waals surface area contributed by atoms with Crippen LogP contribution in [0.15, 0.2) is 48.5 Å². The number of piperidine rings is 1. The smallest absolute Gasteiger partial charge is 0.326 e. The third-order valence-electron chi connectivity index (χ3n) is 5.50. The minimum absolute atomic E-state index is 0.0450. The van der Waals surface area contributed by atoms with Gasteiger partial charge >= 0.3 is 5.97 Å². The first-order valence-corrected chi connectivity index (χ1v) is 12.1. The summed E-state index contributed by atoms with van der Waals surface area (Å²) in [6.07, 6.45) is 4.04.